The van der Waals surface area contributed by atoms with Crippen LogP contribution in [0, 0.1) is 11.8 Å². The second-order valence-corrected chi connectivity index (χ2v) is 10.7. The Balaban J connectivity index is 1.53. The lowest BCUT2D eigenvalue weighted by Gasteiger charge is -2.17. The maximum absolute atomic E-state index is 14.7. The lowest BCUT2D eigenvalue weighted by atomic mass is 9.95. The largest absolute Gasteiger partial charge is 0.310 e. The fraction of sp³-hybridized carbons (Fsp3) is 0.171. The maximum atomic E-state index is 14.7. The van der Waals surface area contributed by atoms with Crippen LogP contribution in [0.4, 0.5) is 20.3 Å². The van der Waals surface area contributed by atoms with Crippen LogP contribution >= 0.6 is 0 Å². The molecule has 2 heterocycles. The molecular formula is C35H29F2N5O. The van der Waals surface area contributed by atoms with Crippen LogP contribution < -0.4 is 5.32 Å². The van der Waals surface area contributed by atoms with E-state index in [4.69, 9.17) is 4.99 Å². The van der Waals surface area contributed by atoms with E-state index < -0.39 is 5.92 Å². The first-order valence-corrected chi connectivity index (χ1v) is 14.0. The fourth-order valence-corrected chi connectivity index (χ4v) is 5.26. The Bertz CT molecular complexity index is 1810. The van der Waals surface area contributed by atoms with Gasteiger partial charge in [-0.15, -0.1) is 0 Å². The molecule has 3 aromatic carbocycles. The van der Waals surface area contributed by atoms with E-state index in [2.05, 4.69) is 20.3 Å². The van der Waals surface area contributed by atoms with Gasteiger partial charge in [0, 0.05) is 78.3 Å². The number of aromatic nitrogens is 2. The molecule has 1 saturated carbocycles. The highest BCUT2D eigenvalue weighted by Crippen LogP contribution is 2.40. The number of carbonyl (C=O) groups is 1. The molecule has 2 aromatic heterocycles. The average Bonchev–Trinajstić information content (AvgIpc) is 3.79. The molecule has 8 heteroatoms. The number of aliphatic imine (C=N–C) groups is 2. The predicted molar refractivity (Wildman–Crippen MR) is 167 cm³/mol. The summed E-state index contributed by atoms with van der Waals surface area (Å²) in [5.41, 5.74) is 3.78. The number of nitrogens with one attached hydrogen (secondary N) is 1. The molecule has 43 heavy (non-hydrogen) atoms. The Morgan fingerprint density at radius 3 is 2.33 bits per heavy atom. The van der Waals surface area contributed by atoms with Crippen LogP contribution in [0.2, 0.25) is 0 Å². The van der Waals surface area contributed by atoms with Crippen LogP contribution in [0.3, 0.4) is 0 Å². The van der Waals surface area contributed by atoms with Crippen molar-refractivity contribution in [2.75, 3.05) is 12.4 Å². The van der Waals surface area contributed by atoms with Crippen molar-refractivity contribution < 1.29 is 13.6 Å². The van der Waals surface area contributed by atoms with Crippen molar-refractivity contribution in [3.63, 3.8) is 0 Å². The van der Waals surface area contributed by atoms with Gasteiger partial charge in [0.15, 0.2) is 0 Å². The van der Waals surface area contributed by atoms with Gasteiger partial charge < -0.3 is 10.3 Å². The van der Waals surface area contributed by atoms with Gasteiger partial charge in [-0.2, -0.15) is 0 Å². The fourth-order valence-electron chi connectivity index (χ4n) is 5.26. The first-order chi connectivity index (χ1) is 20.8. The number of halogens is 2. The van der Waals surface area contributed by atoms with Crippen molar-refractivity contribution in [1.29, 1.82) is 0 Å². The molecule has 5 aromatic rings. The van der Waals surface area contributed by atoms with Crippen molar-refractivity contribution >= 4 is 40.1 Å². The summed E-state index contributed by atoms with van der Waals surface area (Å²) in [4.78, 5) is 30.7. The van der Waals surface area contributed by atoms with Crippen molar-refractivity contribution in [2.45, 2.75) is 19.3 Å². The number of rotatable bonds is 8. The number of fused-ring (bicyclic) bond motifs is 1. The number of hydrogen-bond acceptors (Lipinski definition) is 5. The molecule has 1 aliphatic rings. The predicted octanol–water partition coefficient (Wildman–Crippen LogP) is 7.85. The van der Waals surface area contributed by atoms with Gasteiger partial charge in [0.2, 0.25) is 5.91 Å². The minimum absolute atomic E-state index is 0.123. The molecule has 0 bridgehead atoms. The van der Waals surface area contributed by atoms with E-state index in [1.807, 2.05) is 66.7 Å². The van der Waals surface area contributed by atoms with E-state index in [1.54, 1.807) is 31.6 Å². The molecule has 0 unspecified atom stereocenters. The Labute approximate surface area is 248 Å². The molecule has 1 N–H and O–H groups in total. The van der Waals surface area contributed by atoms with E-state index in [0.717, 1.165) is 30.2 Å². The highest BCUT2D eigenvalue weighted by atomic mass is 19.3. The summed E-state index contributed by atoms with van der Waals surface area (Å²) in [7, 11) is 1.69. The van der Waals surface area contributed by atoms with Crippen LogP contribution in [-0.4, -0.2) is 34.8 Å². The molecule has 0 saturated heterocycles. The number of amides is 1. The zero-order valence-corrected chi connectivity index (χ0v) is 23.7. The van der Waals surface area contributed by atoms with Gasteiger partial charge in [-0.3, -0.25) is 9.78 Å². The third kappa shape index (κ3) is 6.09. The number of alkyl halides is 2. The van der Waals surface area contributed by atoms with Gasteiger partial charge in [-0.05, 0) is 41.6 Å². The van der Waals surface area contributed by atoms with Crippen LogP contribution in [0.25, 0.3) is 21.9 Å². The Kier molecular flexibility index (Phi) is 7.59. The van der Waals surface area contributed by atoms with E-state index in [0.29, 0.717) is 33.4 Å². The summed E-state index contributed by atoms with van der Waals surface area (Å²) in [5, 5.41) is 4.31. The van der Waals surface area contributed by atoms with Gasteiger partial charge in [-0.25, -0.2) is 18.8 Å². The number of pyridine rings is 2. The van der Waals surface area contributed by atoms with Gasteiger partial charge in [-0.1, -0.05) is 60.7 Å². The van der Waals surface area contributed by atoms with Gasteiger partial charge in [0.25, 0.3) is 5.92 Å². The summed E-state index contributed by atoms with van der Waals surface area (Å²) in [5.74, 6) is -2.84. The Hall–Kier alpha value is -5.11. The molecule has 6 nitrogen and oxygen atoms in total. The first kappa shape index (κ1) is 28.0. The summed E-state index contributed by atoms with van der Waals surface area (Å²) in [6.07, 6.45) is 7.02. The first-order valence-electron chi connectivity index (χ1n) is 14.0. The van der Waals surface area contributed by atoms with Crippen molar-refractivity contribution in [2.24, 2.45) is 21.8 Å². The molecule has 0 spiro atoms. The number of benzene rings is 3. The zero-order valence-electron chi connectivity index (χ0n) is 23.7. The van der Waals surface area contributed by atoms with Crippen LogP contribution in [-0.2, 0) is 10.7 Å². The lowest BCUT2D eigenvalue weighted by molar-refractivity contribution is -0.117. The summed E-state index contributed by atoms with van der Waals surface area (Å²) < 4.78 is 29.4. The monoisotopic (exact) mass is 573 g/mol. The molecule has 1 amide bonds. The highest BCUT2D eigenvalue weighted by Gasteiger charge is 2.41. The third-order valence-corrected chi connectivity index (χ3v) is 7.52. The Morgan fingerprint density at radius 2 is 1.67 bits per heavy atom. The Morgan fingerprint density at radius 1 is 0.977 bits per heavy atom. The molecule has 0 aliphatic heterocycles. The SMILES string of the molecule is CN=C[C@H]1C[C@@H]1C(=O)Nc1cc2cc(-c3cnccc3C(C)(F)F)cc(N=C(c3ccccc3)c3ccccc3)c2cn1. The second kappa shape index (κ2) is 11.6. The second-order valence-electron chi connectivity index (χ2n) is 10.7. The number of nitrogens with zero attached hydrogens (tertiary/aromatic N) is 4. The third-order valence-electron chi connectivity index (χ3n) is 7.52. The lowest BCUT2D eigenvalue weighted by Crippen LogP contribution is -2.15. The minimum atomic E-state index is -3.09. The van der Waals surface area contributed by atoms with Gasteiger partial charge in [0.1, 0.15) is 5.82 Å². The number of hydrogen-bond donors (Lipinski definition) is 1. The highest BCUT2D eigenvalue weighted by molar-refractivity contribution is 6.15. The van der Waals surface area contributed by atoms with Crippen LogP contribution in [0.15, 0.2) is 114 Å². The van der Waals surface area contributed by atoms with Gasteiger partial charge in [0.05, 0.1) is 11.4 Å². The van der Waals surface area contributed by atoms with Crippen LogP contribution in [0.5, 0.6) is 0 Å². The quantitative estimate of drug-likeness (QED) is 0.192. The normalized spacial score (nSPS) is 16.3. The van der Waals surface area contributed by atoms with Crippen molar-refractivity contribution in [3.05, 3.63) is 120 Å². The summed E-state index contributed by atoms with van der Waals surface area (Å²) >= 11 is 0. The molecule has 1 aliphatic carbocycles. The van der Waals surface area contributed by atoms with E-state index in [1.165, 1.54) is 18.5 Å². The molecule has 2 atom stereocenters. The smallest absolute Gasteiger partial charge is 0.271 e. The number of anilines is 1. The summed E-state index contributed by atoms with van der Waals surface area (Å²) in [6.45, 7) is 0.876. The van der Waals surface area contributed by atoms with E-state index >= 15 is 0 Å². The molecule has 214 valence electrons. The summed E-state index contributed by atoms with van der Waals surface area (Å²) in [6, 6.07) is 26.3. The number of carbonyl (C=O) groups excluding carboxylic acids is 1. The van der Waals surface area contributed by atoms with Crippen molar-refractivity contribution in [1.82, 2.24) is 9.97 Å². The topological polar surface area (TPSA) is 79.6 Å². The molecule has 0 radical (unpaired) electrons. The van der Waals surface area contributed by atoms with E-state index in [9.17, 15) is 13.6 Å². The molecular weight excluding hydrogens is 544 g/mol. The average molecular weight is 574 g/mol. The minimum Gasteiger partial charge on any atom is -0.310 e. The maximum Gasteiger partial charge on any atom is 0.271 e. The molecule has 1 fully saturated rings. The molecule has 6 rings (SSSR count). The van der Waals surface area contributed by atoms with Gasteiger partial charge >= 0.3 is 0 Å². The van der Waals surface area contributed by atoms with Crippen molar-refractivity contribution in [3.8, 4) is 11.1 Å². The van der Waals surface area contributed by atoms with Crippen LogP contribution in [0.1, 0.15) is 30.0 Å². The standard InChI is InChI=1S/C35H29F2N5O/c1-35(36,37)30-13-14-39-20-28(30)24-15-25-18-32(42-34(43)27-16-26(27)19-38-2)40-21-29(25)31(17-24)41-33(22-9-5-3-6-10-22)23-11-7-4-8-12-23/h3-15,17-21,26-27H,16H2,1-2H3,(H,40,42,43)/t26-,27+/m1/s1. The zero-order chi connectivity index (χ0) is 30.0. The van der Waals surface area contributed by atoms with E-state index in [-0.39, 0.29) is 23.3 Å².